The van der Waals surface area contributed by atoms with E-state index in [-0.39, 0.29) is 0 Å². The molecule has 1 fully saturated rings. The SMILES string of the molecule is CC(C)NCCn1nnnc1SC1CCOC1. The molecule has 2 heterocycles. The van der Waals surface area contributed by atoms with E-state index in [0.29, 0.717) is 11.3 Å². The third-order valence-electron chi connectivity index (χ3n) is 2.54. The number of hydrogen-bond donors (Lipinski definition) is 1. The average Bonchev–Trinajstić information content (AvgIpc) is 2.91. The first-order valence-electron chi connectivity index (χ1n) is 5.99. The standard InChI is InChI=1S/C10H19N5OS/c1-8(2)11-4-5-15-10(12-13-14-15)17-9-3-6-16-7-9/h8-9,11H,3-7H2,1-2H3. The van der Waals surface area contributed by atoms with E-state index in [2.05, 4.69) is 34.7 Å². The second-order valence-corrected chi connectivity index (χ2v) is 5.66. The number of aromatic nitrogens is 4. The first kappa shape index (κ1) is 12.8. The van der Waals surface area contributed by atoms with Crippen LogP contribution in [0.15, 0.2) is 5.16 Å². The monoisotopic (exact) mass is 257 g/mol. The quantitative estimate of drug-likeness (QED) is 0.803. The van der Waals surface area contributed by atoms with Crippen molar-refractivity contribution in [2.75, 3.05) is 19.8 Å². The number of tetrazole rings is 1. The van der Waals surface area contributed by atoms with Crippen LogP contribution in [-0.2, 0) is 11.3 Å². The molecular formula is C10H19N5OS. The van der Waals surface area contributed by atoms with Gasteiger partial charge >= 0.3 is 0 Å². The van der Waals surface area contributed by atoms with Crippen molar-refractivity contribution in [3.63, 3.8) is 0 Å². The summed E-state index contributed by atoms with van der Waals surface area (Å²) in [6.45, 7) is 7.62. The molecule has 0 saturated carbocycles. The van der Waals surface area contributed by atoms with Gasteiger partial charge in [0.1, 0.15) is 0 Å². The first-order valence-corrected chi connectivity index (χ1v) is 6.87. The fraction of sp³-hybridized carbons (Fsp3) is 0.900. The number of hydrogen-bond acceptors (Lipinski definition) is 6. The Kier molecular flexibility index (Phi) is 4.75. The molecule has 0 radical (unpaired) electrons. The Balaban J connectivity index is 1.83. The van der Waals surface area contributed by atoms with Gasteiger partial charge in [0.05, 0.1) is 13.2 Å². The van der Waals surface area contributed by atoms with Gasteiger partial charge in [0.15, 0.2) is 0 Å². The van der Waals surface area contributed by atoms with Crippen molar-refractivity contribution in [1.82, 2.24) is 25.5 Å². The molecule has 7 heteroatoms. The molecule has 1 aliphatic rings. The third kappa shape index (κ3) is 3.93. The van der Waals surface area contributed by atoms with E-state index >= 15 is 0 Å². The zero-order valence-electron chi connectivity index (χ0n) is 10.3. The second kappa shape index (κ2) is 6.32. The maximum absolute atomic E-state index is 5.35. The highest BCUT2D eigenvalue weighted by molar-refractivity contribution is 7.99. The summed E-state index contributed by atoms with van der Waals surface area (Å²) in [5.74, 6) is 0. The van der Waals surface area contributed by atoms with Crippen molar-refractivity contribution in [2.24, 2.45) is 0 Å². The van der Waals surface area contributed by atoms with Crippen molar-refractivity contribution in [3.05, 3.63) is 0 Å². The van der Waals surface area contributed by atoms with Gasteiger partial charge in [-0.1, -0.05) is 25.6 Å². The fourth-order valence-electron chi connectivity index (χ4n) is 1.64. The Hall–Kier alpha value is -0.660. The molecule has 0 aromatic carbocycles. The molecule has 1 aromatic rings. The molecule has 6 nitrogen and oxygen atoms in total. The number of ether oxygens (including phenoxy) is 1. The summed E-state index contributed by atoms with van der Waals surface area (Å²) >= 11 is 1.72. The number of nitrogens with one attached hydrogen (secondary N) is 1. The van der Waals surface area contributed by atoms with E-state index in [4.69, 9.17) is 4.74 Å². The Morgan fingerprint density at radius 1 is 1.59 bits per heavy atom. The van der Waals surface area contributed by atoms with Crippen LogP contribution in [0.5, 0.6) is 0 Å². The van der Waals surface area contributed by atoms with E-state index in [1.54, 1.807) is 11.8 Å². The molecule has 1 saturated heterocycles. The van der Waals surface area contributed by atoms with E-state index in [9.17, 15) is 0 Å². The fourth-order valence-corrected chi connectivity index (χ4v) is 2.64. The Morgan fingerprint density at radius 2 is 2.47 bits per heavy atom. The van der Waals surface area contributed by atoms with Gasteiger partial charge in [-0.2, -0.15) is 0 Å². The smallest absolute Gasteiger partial charge is 0.209 e. The van der Waals surface area contributed by atoms with Gasteiger partial charge in [0, 0.05) is 24.4 Å². The minimum atomic E-state index is 0.491. The Bertz CT molecular complexity index is 337. The van der Waals surface area contributed by atoms with Gasteiger partial charge in [-0.05, 0) is 16.8 Å². The molecule has 0 aliphatic carbocycles. The Labute approximate surface area is 105 Å². The number of thioether (sulfide) groups is 1. The molecule has 2 rings (SSSR count). The van der Waals surface area contributed by atoms with Gasteiger partial charge < -0.3 is 10.1 Å². The predicted octanol–water partition coefficient (Wildman–Crippen LogP) is 0.552. The molecule has 96 valence electrons. The van der Waals surface area contributed by atoms with Crippen LogP contribution < -0.4 is 5.32 Å². The summed E-state index contributed by atoms with van der Waals surface area (Å²) in [5.41, 5.74) is 0. The van der Waals surface area contributed by atoms with E-state index in [0.717, 1.165) is 37.9 Å². The summed E-state index contributed by atoms with van der Waals surface area (Å²) in [6, 6.07) is 0.491. The lowest BCUT2D eigenvalue weighted by atomic mass is 10.4. The zero-order valence-corrected chi connectivity index (χ0v) is 11.1. The van der Waals surface area contributed by atoms with Crippen molar-refractivity contribution in [3.8, 4) is 0 Å². The molecular weight excluding hydrogens is 238 g/mol. The first-order chi connectivity index (χ1) is 8.25. The van der Waals surface area contributed by atoms with Crippen LogP contribution in [0.2, 0.25) is 0 Å². The van der Waals surface area contributed by atoms with Crippen molar-refractivity contribution in [1.29, 1.82) is 0 Å². The lowest BCUT2D eigenvalue weighted by Crippen LogP contribution is -2.27. The molecule has 0 spiro atoms. The minimum Gasteiger partial charge on any atom is -0.380 e. The van der Waals surface area contributed by atoms with E-state index in [1.165, 1.54) is 0 Å². The Morgan fingerprint density at radius 3 is 3.18 bits per heavy atom. The minimum absolute atomic E-state index is 0.491. The summed E-state index contributed by atoms with van der Waals surface area (Å²) in [7, 11) is 0. The van der Waals surface area contributed by atoms with Crippen molar-refractivity contribution >= 4 is 11.8 Å². The molecule has 1 aliphatic heterocycles. The summed E-state index contributed by atoms with van der Waals surface area (Å²) in [4.78, 5) is 0. The average molecular weight is 257 g/mol. The van der Waals surface area contributed by atoms with Crippen LogP contribution in [0.3, 0.4) is 0 Å². The van der Waals surface area contributed by atoms with E-state index in [1.807, 2.05) is 4.68 Å². The molecule has 17 heavy (non-hydrogen) atoms. The van der Waals surface area contributed by atoms with Crippen molar-refractivity contribution < 1.29 is 4.74 Å². The maximum Gasteiger partial charge on any atom is 0.209 e. The van der Waals surface area contributed by atoms with Crippen molar-refractivity contribution in [2.45, 2.75) is 43.3 Å². The van der Waals surface area contributed by atoms with Gasteiger partial charge in [-0.25, -0.2) is 4.68 Å². The molecule has 0 bridgehead atoms. The van der Waals surface area contributed by atoms with Crippen LogP contribution in [0.1, 0.15) is 20.3 Å². The van der Waals surface area contributed by atoms with Gasteiger partial charge in [0.25, 0.3) is 0 Å². The lowest BCUT2D eigenvalue weighted by Gasteiger charge is -2.09. The maximum atomic E-state index is 5.35. The normalized spacial score (nSPS) is 20.3. The molecule has 1 atom stereocenters. The molecule has 1 N–H and O–H groups in total. The topological polar surface area (TPSA) is 64.9 Å². The van der Waals surface area contributed by atoms with Crippen LogP contribution >= 0.6 is 11.8 Å². The third-order valence-corrected chi connectivity index (χ3v) is 3.74. The lowest BCUT2D eigenvalue weighted by molar-refractivity contribution is 0.199. The van der Waals surface area contributed by atoms with Crippen LogP contribution in [0.25, 0.3) is 0 Å². The van der Waals surface area contributed by atoms with E-state index < -0.39 is 0 Å². The summed E-state index contributed by atoms with van der Waals surface area (Å²) < 4.78 is 7.21. The summed E-state index contributed by atoms with van der Waals surface area (Å²) in [5, 5.41) is 16.6. The zero-order chi connectivity index (χ0) is 12.1. The van der Waals surface area contributed by atoms with Crippen LogP contribution in [-0.4, -0.2) is 51.3 Å². The highest BCUT2D eigenvalue weighted by atomic mass is 32.2. The van der Waals surface area contributed by atoms with Gasteiger partial charge in [-0.3, -0.25) is 0 Å². The van der Waals surface area contributed by atoms with Crippen LogP contribution in [0.4, 0.5) is 0 Å². The molecule has 1 aromatic heterocycles. The highest BCUT2D eigenvalue weighted by Crippen LogP contribution is 2.26. The second-order valence-electron chi connectivity index (χ2n) is 4.40. The van der Waals surface area contributed by atoms with Crippen LogP contribution in [0, 0.1) is 0 Å². The van der Waals surface area contributed by atoms with Gasteiger partial charge in [-0.15, -0.1) is 5.10 Å². The highest BCUT2D eigenvalue weighted by Gasteiger charge is 2.20. The number of rotatable bonds is 6. The molecule has 1 unspecified atom stereocenters. The number of nitrogens with zero attached hydrogens (tertiary/aromatic N) is 4. The summed E-state index contributed by atoms with van der Waals surface area (Å²) in [6.07, 6.45) is 1.09. The predicted molar refractivity (Wildman–Crippen MR) is 66.0 cm³/mol. The largest absolute Gasteiger partial charge is 0.380 e. The molecule has 0 amide bonds. The van der Waals surface area contributed by atoms with Gasteiger partial charge in [0.2, 0.25) is 5.16 Å².